The minimum Gasteiger partial charge on any atom is -0.492 e. The molecule has 1 saturated heterocycles. The fourth-order valence-electron chi connectivity index (χ4n) is 3.86. The molecule has 1 aliphatic heterocycles. The first-order valence-electron chi connectivity index (χ1n) is 11.7. The maximum Gasteiger partial charge on any atom is 0.232 e. The van der Waals surface area contributed by atoms with Gasteiger partial charge in [-0.15, -0.1) is 0 Å². The molecule has 0 saturated carbocycles. The number of benzene rings is 2. The molecule has 1 fully saturated rings. The molecule has 0 bridgehead atoms. The number of amides is 1. The summed E-state index contributed by atoms with van der Waals surface area (Å²) >= 11 is 0. The summed E-state index contributed by atoms with van der Waals surface area (Å²) < 4.78 is 37.1. The molecule has 9 heteroatoms. The number of rotatable bonds is 12. The van der Waals surface area contributed by atoms with Gasteiger partial charge >= 0.3 is 0 Å². The summed E-state index contributed by atoms with van der Waals surface area (Å²) in [6, 6.07) is 15.3. The third-order valence-electron chi connectivity index (χ3n) is 5.62. The lowest BCUT2D eigenvalue weighted by molar-refractivity contribution is -0.121. The zero-order chi connectivity index (χ0) is 24.4. The number of hydrogen-bond donors (Lipinski definition) is 1. The van der Waals surface area contributed by atoms with Crippen molar-refractivity contribution in [3.8, 4) is 5.75 Å². The van der Waals surface area contributed by atoms with Gasteiger partial charge < -0.3 is 14.8 Å². The van der Waals surface area contributed by atoms with E-state index in [0.717, 1.165) is 38.4 Å². The predicted molar refractivity (Wildman–Crippen MR) is 133 cm³/mol. The van der Waals surface area contributed by atoms with Crippen LogP contribution in [-0.2, 0) is 32.6 Å². The van der Waals surface area contributed by atoms with Crippen LogP contribution in [-0.4, -0.2) is 64.9 Å². The molecule has 1 amide bonds. The quantitative estimate of drug-likeness (QED) is 0.493. The normalized spacial score (nSPS) is 14.5. The monoisotopic (exact) mass is 489 g/mol. The Balaban J connectivity index is 1.46. The number of hydrogen-bond acceptors (Lipinski definition) is 6. The van der Waals surface area contributed by atoms with Gasteiger partial charge in [-0.1, -0.05) is 36.4 Å². The number of ether oxygens (including phenoxy) is 2. The highest BCUT2D eigenvalue weighted by Gasteiger charge is 2.21. The molecule has 3 rings (SSSR count). The predicted octanol–water partition coefficient (Wildman–Crippen LogP) is 2.78. The van der Waals surface area contributed by atoms with Crippen LogP contribution < -0.4 is 14.4 Å². The van der Waals surface area contributed by atoms with Gasteiger partial charge in [0.1, 0.15) is 5.75 Å². The number of sulfonamides is 1. The fraction of sp³-hybridized carbons (Fsp3) is 0.480. The molecule has 0 spiro atoms. The molecular weight excluding hydrogens is 454 g/mol. The van der Waals surface area contributed by atoms with Crippen molar-refractivity contribution in [3.05, 3.63) is 59.7 Å². The van der Waals surface area contributed by atoms with Crippen LogP contribution in [0.3, 0.4) is 0 Å². The zero-order valence-electron chi connectivity index (χ0n) is 20.0. The molecule has 0 atom stereocenters. The molecule has 2 aromatic carbocycles. The lowest BCUT2D eigenvalue weighted by Crippen LogP contribution is -2.35. The van der Waals surface area contributed by atoms with Crippen LogP contribution >= 0.6 is 0 Å². The number of carbonyl (C=O) groups excluding carboxylic acids is 1. The lowest BCUT2D eigenvalue weighted by Gasteiger charge is -2.26. The number of nitrogens with one attached hydrogen (secondary N) is 1. The maximum absolute atomic E-state index is 12.4. The molecule has 0 radical (unpaired) electrons. The third-order valence-corrected chi connectivity index (χ3v) is 6.80. The number of anilines is 1. The Labute approximate surface area is 202 Å². The summed E-state index contributed by atoms with van der Waals surface area (Å²) in [4.78, 5) is 14.7. The maximum atomic E-state index is 12.4. The first-order valence-corrected chi connectivity index (χ1v) is 13.6. The van der Waals surface area contributed by atoms with Crippen molar-refractivity contribution < 1.29 is 22.7 Å². The molecular formula is C25H35N3O5S. The van der Waals surface area contributed by atoms with Gasteiger partial charge in [0.15, 0.2) is 0 Å². The van der Waals surface area contributed by atoms with E-state index < -0.39 is 10.0 Å². The van der Waals surface area contributed by atoms with Gasteiger partial charge in [0.05, 0.1) is 31.8 Å². The van der Waals surface area contributed by atoms with E-state index in [0.29, 0.717) is 31.0 Å². The average molecular weight is 490 g/mol. The second kappa shape index (κ2) is 12.7. The highest BCUT2D eigenvalue weighted by Crippen LogP contribution is 2.30. The Kier molecular flexibility index (Phi) is 9.74. The number of morpholine rings is 1. The molecule has 1 heterocycles. The Morgan fingerprint density at radius 2 is 1.76 bits per heavy atom. The summed E-state index contributed by atoms with van der Waals surface area (Å²) in [6.45, 7) is 7.30. The highest BCUT2D eigenvalue weighted by molar-refractivity contribution is 7.92. The summed E-state index contributed by atoms with van der Waals surface area (Å²) in [5, 5.41) is 2.93. The lowest BCUT2D eigenvalue weighted by atomic mass is 10.1. The van der Waals surface area contributed by atoms with Crippen LogP contribution in [0, 0.1) is 0 Å². The van der Waals surface area contributed by atoms with Crippen molar-refractivity contribution in [3.63, 3.8) is 0 Å². The fourth-order valence-corrected chi connectivity index (χ4v) is 4.83. The van der Waals surface area contributed by atoms with E-state index in [4.69, 9.17) is 9.47 Å². The summed E-state index contributed by atoms with van der Waals surface area (Å²) in [5.41, 5.74) is 2.76. The Morgan fingerprint density at radius 3 is 2.44 bits per heavy atom. The van der Waals surface area contributed by atoms with Crippen molar-refractivity contribution >= 4 is 21.6 Å². The zero-order valence-corrected chi connectivity index (χ0v) is 20.9. The second-order valence-electron chi connectivity index (χ2n) is 8.32. The van der Waals surface area contributed by atoms with Crippen LogP contribution in [0.15, 0.2) is 48.5 Å². The third kappa shape index (κ3) is 8.00. The van der Waals surface area contributed by atoms with Gasteiger partial charge in [0, 0.05) is 39.1 Å². The Hall–Kier alpha value is -2.62. The minimum atomic E-state index is -3.52. The van der Waals surface area contributed by atoms with Gasteiger partial charge in [-0.25, -0.2) is 8.42 Å². The highest BCUT2D eigenvalue weighted by atomic mass is 32.2. The van der Waals surface area contributed by atoms with Crippen molar-refractivity contribution in [1.29, 1.82) is 0 Å². The second-order valence-corrected chi connectivity index (χ2v) is 10.2. The van der Waals surface area contributed by atoms with Gasteiger partial charge in [-0.3, -0.25) is 14.0 Å². The van der Waals surface area contributed by atoms with Crippen LogP contribution in [0.1, 0.15) is 30.9 Å². The van der Waals surface area contributed by atoms with Gasteiger partial charge in [-0.2, -0.15) is 0 Å². The molecule has 1 N–H and O–H groups in total. The average Bonchev–Trinajstić information content (AvgIpc) is 2.82. The molecule has 2 aromatic rings. The summed E-state index contributed by atoms with van der Waals surface area (Å²) in [7, 11) is -3.52. The van der Waals surface area contributed by atoms with Crippen molar-refractivity contribution in [2.45, 2.75) is 32.9 Å². The van der Waals surface area contributed by atoms with Crippen LogP contribution in [0.25, 0.3) is 0 Å². The number of para-hydroxylation sites is 2. The molecule has 186 valence electrons. The summed E-state index contributed by atoms with van der Waals surface area (Å²) in [5.74, 6) is 0.404. The first-order chi connectivity index (χ1) is 16.4. The van der Waals surface area contributed by atoms with Gasteiger partial charge in [0.2, 0.25) is 15.9 Å². The topological polar surface area (TPSA) is 88.2 Å². The van der Waals surface area contributed by atoms with Crippen LogP contribution in [0.5, 0.6) is 5.75 Å². The van der Waals surface area contributed by atoms with Crippen molar-refractivity contribution in [2.24, 2.45) is 0 Å². The van der Waals surface area contributed by atoms with Gasteiger partial charge in [-0.05, 0) is 36.6 Å². The standard InChI is InChI=1S/C25H35N3O5S/c1-3-33-24-8-5-4-7-23(24)28(34(2,30)31)14-6-9-25(29)26-19-21-10-12-22(13-11-21)20-27-15-17-32-18-16-27/h4-5,7-8,10-13H,3,6,9,14-20H2,1-2H3,(H,26,29). The molecule has 34 heavy (non-hydrogen) atoms. The number of nitrogens with zero attached hydrogens (tertiary/aromatic N) is 2. The molecule has 1 aliphatic rings. The Morgan fingerprint density at radius 1 is 1.09 bits per heavy atom. The van der Waals surface area contributed by atoms with E-state index in [-0.39, 0.29) is 18.9 Å². The SMILES string of the molecule is CCOc1ccccc1N(CCCC(=O)NCc1ccc(CN2CCOCC2)cc1)S(C)(=O)=O. The van der Waals surface area contributed by atoms with Crippen molar-refractivity contribution in [2.75, 3.05) is 50.0 Å². The molecule has 8 nitrogen and oxygen atoms in total. The van der Waals surface area contributed by atoms with E-state index in [1.807, 2.05) is 19.1 Å². The largest absolute Gasteiger partial charge is 0.492 e. The van der Waals surface area contributed by atoms with E-state index in [2.05, 4.69) is 22.3 Å². The molecule has 0 unspecified atom stereocenters. The van der Waals surface area contributed by atoms with Gasteiger partial charge in [0.25, 0.3) is 0 Å². The minimum absolute atomic E-state index is 0.107. The molecule has 0 aromatic heterocycles. The smallest absolute Gasteiger partial charge is 0.232 e. The van der Waals surface area contributed by atoms with Crippen LogP contribution in [0.2, 0.25) is 0 Å². The van der Waals surface area contributed by atoms with E-state index in [9.17, 15) is 13.2 Å². The van der Waals surface area contributed by atoms with E-state index >= 15 is 0 Å². The number of carbonyl (C=O) groups is 1. The van der Waals surface area contributed by atoms with E-state index in [1.54, 1.807) is 24.3 Å². The summed E-state index contributed by atoms with van der Waals surface area (Å²) in [6.07, 6.45) is 1.80. The first kappa shape index (κ1) is 26.0. The molecule has 0 aliphatic carbocycles. The van der Waals surface area contributed by atoms with Crippen molar-refractivity contribution in [1.82, 2.24) is 10.2 Å². The Bertz CT molecular complexity index is 1020. The van der Waals surface area contributed by atoms with E-state index in [1.165, 1.54) is 16.1 Å². The van der Waals surface area contributed by atoms with Crippen LogP contribution in [0.4, 0.5) is 5.69 Å².